The lowest BCUT2D eigenvalue weighted by Crippen LogP contribution is -2.28. The average Bonchev–Trinajstić information content (AvgIpc) is 2.34. The lowest BCUT2D eigenvalue weighted by atomic mass is 9.87. The van der Waals surface area contributed by atoms with E-state index in [2.05, 4.69) is 11.4 Å². The topological polar surface area (TPSA) is 12.0 Å². The second kappa shape index (κ2) is 6.78. The number of alkyl halides is 1. The highest BCUT2D eigenvalue weighted by atomic mass is 19.1. The highest BCUT2D eigenvalue weighted by Crippen LogP contribution is 2.26. The molecular weight excluding hydrogens is 189 g/mol. The first-order valence-electron chi connectivity index (χ1n) is 6.09. The number of piperidine rings is 1. The summed E-state index contributed by atoms with van der Waals surface area (Å²) in [5.74, 6) is 0.671. The Labute approximate surface area is 92.4 Å². The molecule has 1 unspecified atom stereocenters. The number of allylic oxidation sites excluding steroid dienone is 4. The van der Waals surface area contributed by atoms with Crippen LogP contribution in [0.2, 0.25) is 0 Å². The van der Waals surface area contributed by atoms with E-state index in [-0.39, 0.29) is 0 Å². The molecular formula is C13H22FN. The van der Waals surface area contributed by atoms with Crippen molar-refractivity contribution in [1.82, 2.24) is 5.32 Å². The molecule has 1 saturated heterocycles. The Morgan fingerprint density at radius 3 is 2.47 bits per heavy atom. The van der Waals surface area contributed by atoms with Crippen LogP contribution in [0.3, 0.4) is 0 Å². The number of halogens is 1. The van der Waals surface area contributed by atoms with E-state index in [0.717, 1.165) is 13.1 Å². The molecule has 1 aliphatic heterocycles. The van der Waals surface area contributed by atoms with Crippen LogP contribution < -0.4 is 5.32 Å². The third-order valence-corrected chi connectivity index (χ3v) is 2.89. The molecule has 86 valence electrons. The Morgan fingerprint density at radius 1 is 1.27 bits per heavy atom. The van der Waals surface area contributed by atoms with Gasteiger partial charge in [-0.3, -0.25) is 0 Å². The van der Waals surface area contributed by atoms with Gasteiger partial charge in [0, 0.05) is 6.42 Å². The van der Waals surface area contributed by atoms with Gasteiger partial charge in [-0.2, -0.15) is 0 Å². The van der Waals surface area contributed by atoms with Gasteiger partial charge in [-0.05, 0) is 37.4 Å². The van der Waals surface area contributed by atoms with Gasteiger partial charge in [-0.1, -0.05) is 32.1 Å². The predicted octanol–water partition coefficient (Wildman–Crippen LogP) is 3.24. The van der Waals surface area contributed by atoms with Crippen LogP contribution in [-0.4, -0.2) is 19.3 Å². The van der Waals surface area contributed by atoms with E-state index in [1.54, 1.807) is 6.08 Å². The maximum absolute atomic E-state index is 12.8. The summed E-state index contributed by atoms with van der Waals surface area (Å²) in [4.78, 5) is 0. The summed E-state index contributed by atoms with van der Waals surface area (Å²) >= 11 is 0. The molecule has 0 bridgehead atoms. The largest absolute Gasteiger partial charge is 0.317 e. The third-order valence-electron chi connectivity index (χ3n) is 2.89. The highest BCUT2D eigenvalue weighted by Gasteiger charge is 2.18. The number of hydrogen-bond acceptors (Lipinski definition) is 1. The van der Waals surface area contributed by atoms with Gasteiger partial charge >= 0.3 is 0 Å². The van der Waals surface area contributed by atoms with Gasteiger partial charge < -0.3 is 5.32 Å². The standard InChI is InChI=1S/C11H16FN.C2H6/c12-11-3-1-9(2-4-11)10-5-7-13-8-6-10;1-2/h1-3,10-11,13H,4-8H2;1-2H3. The minimum Gasteiger partial charge on any atom is -0.317 e. The quantitative estimate of drug-likeness (QED) is 0.702. The first kappa shape index (κ1) is 12.4. The van der Waals surface area contributed by atoms with E-state index >= 15 is 0 Å². The molecule has 1 heterocycles. The summed E-state index contributed by atoms with van der Waals surface area (Å²) in [7, 11) is 0. The minimum absolute atomic E-state index is 0.579. The van der Waals surface area contributed by atoms with Crippen LogP contribution in [0.25, 0.3) is 0 Å². The fraction of sp³-hybridized carbons (Fsp3) is 0.692. The molecule has 0 radical (unpaired) electrons. The Bertz CT molecular complexity index is 227. The Hall–Kier alpha value is -0.630. The lowest BCUT2D eigenvalue weighted by Gasteiger charge is -2.25. The zero-order valence-corrected chi connectivity index (χ0v) is 9.80. The molecule has 15 heavy (non-hydrogen) atoms. The summed E-state index contributed by atoms with van der Waals surface area (Å²) in [6, 6.07) is 0. The van der Waals surface area contributed by atoms with Crippen molar-refractivity contribution in [1.29, 1.82) is 0 Å². The molecule has 1 fully saturated rings. The van der Waals surface area contributed by atoms with Crippen LogP contribution in [0.15, 0.2) is 23.8 Å². The predicted molar refractivity (Wildman–Crippen MR) is 63.7 cm³/mol. The fourth-order valence-corrected chi connectivity index (χ4v) is 2.07. The molecule has 0 aromatic rings. The van der Waals surface area contributed by atoms with Gasteiger partial charge in [0.2, 0.25) is 0 Å². The molecule has 1 atom stereocenters. The molecule has 0 spiro atoms. The van der Waals surface area contributed by atoms with E-state index in [4.69, 9.17) is 0 Å². The molecule has 0 aromatic heterocycles. The van der Waals surface area contributed by atoms with Gasteiger partial charge in [-0.25, -0.2) is 4.39 Å². The maximum atomic E-state index is 12.8. The van der Waals surface area contributed by atoms with Crippen molar-refractivity contribution in [3.8, 4) is 0 Å². The zero-order valence-electron chi connectivity index (χ0n) is 9.80. The molecule has 1 nitrogen and oxygen atoms in total. The SMILES string of the molecule is CC.FC1C=CC(C2CCNCC2)=CC1. The third kappa shape index (κ3) is 3.78. The monoisotopic (exact) mass is 211 g/mol. The van der Waals surface area contributed by atoms with Crippen molar-refractivity contribution in [2.75, 3.05) is 13.1 Å². The van der Waals surface area contributed by atoms with E-state index in [9.17, 15) is 4.39 Å². The summed E-state index contributed by atoms with van der Waals surface area (Å²) in [5.41, 5.74) is 1.36. The van der Waals surface area contributed by atoms with Crippen molar-refractivity contribution in [3.63, 3.8) is 0 Å². The first-order chi connectivity index (χ1) is 7.36. The second-order valence-electron chi connectivity index (χ2n) is 3.84. The lowest BCUT2D eigenvalue weighted by molar-refractivity contribution is 0.389. The van der Waals surface area contributed by atoms with E-state index in [0.29, 0.717) is 12.3 Å². The van der Waals surface area contributed by atoms with Crippen LogP contribution in [0.4, 0.5) is 4.39 Å². The molecule has 2 aliphatic rings. The van der Waals surface area contributed by atoms with Crippen molar-refractivity contribution in [3.05, 3.63) is 23.8 Å². The first-order valence-corrected chi connectivity index (χ1v) is 6.09. The summed E-state index contributed by atoms with van der Waals surface area (Å²) in [6.45, 7) is 6.21. The van der Waals surface area contributed by atoms with E-state index in [1.807, 2.05) is 19.9 Å². The maximum Gasteiger partial charge on any atom is 0.122 e. The average molecular weight is 211 g/mol. The van der Waals surface area contributed by atoms with Gasteiger partial charge in [0.05, 0.1) is 0 Å². The Balaban J connectivity index is 0.000000531. The van der Waals surface area contributed by atoms with Gasteiger partial charge in [0.25, 0.3) is 0 Å². The van der Waals surface area contributed by atoms with Crippen molar-refractivity contribution < 1.29 is 4.39 Å². The van der Waals surface area contributed by atoms with Crippen molar-refractivity contribution >= 4 is 0 Å². The van der Waals surface area contributed by atoms with Crippen LogP contribution in [0.5, 0.6) is 0 Å². The van der Waals surface area contributed by atoms with Crippen LogP contribution in [0.1, 0.15) is 33.1 Å². The van der Waals surface area contributed by atoms with Crippen molar-refractivity contribution in [2.24, 2.45) is 5.92 Å². The normalized spacial score (nSPS) is 26.6. The molecule has 1 N–H and O–H groups in total. The van der Waals surface area contributed by atoms with E-state index in [1.165, 1.54) is 18.4 Å². The van der Waals surface area contributed by atoms with E-state index < -0.39 is 6.17 Å². The molecule has 2 heteroatoms. The van der Waals surface area contributed by atoms with Crippen LogP contribution >= 0.6 is 0 Å². The zero-order chi connectivity index (χ0) is 11.1. The Kier molecular flexibility index (Phi) is 5.62. The molecule has 2 rings (SSSR count). The molecule has 0 saturated carbocycles. The second-order valence-corrected chi connectivity index (χ2v) is 3.84. The van der Waals surface area contributed by atoms with Crippen LogP contribution in [-0.2, 0) is 0 Å². The van der Waals surface area contributed by atoms with Gasteiger partial charge in [0.1, 0.15) is 6.17 Å². The minimum atomic E-state index is -0.745. The number of hydrogen-bond donors (Lipinski definition) is 1. The number of rotatable bonds is 1. The highest BCUT2D eigenvalue weighted by molar-refractivity contribution is 5.27. The Morgan fingerprint density at radius 2 is 1.93 bits per heavy atom. The van der Waals surface area contributed by atoms with Gasteiger partial charge in [-0.15, -0.1) is 0 Å². The summed E-state index contributed by atoms with van der Waals surface area (Å²) < 4.78 is 12.8. The number of nitrogens with one attached hydrogen (secondary N) is 1. The summed E-state index contributed by atoms with van der Waals surface area (Å²) in [6.07, 6.45) is 7.98. The smallest absolute Gasteiger partial charge is 0.122 e. The molecule has 1 aliphatic carbocycles. The molecule has 0 amide bonds. The van der Waals surface area contributed by atoms with Crippen molar-refractivity contribution in [2.45, 2.75) is 39.3 Å². The fourth-order valence-electron chi connectivity index (χ4n) is 2.07. The van der Waals surface area contributed by atoms with Gasteiger partial charge in [0.15, 0.2) is 0 Å². The molecule has 0 aromatic carbocycles. The summed E-state index contributed by atoms with van der Waals surface area (Å²) in [5, 5.41) is 3.34. The van der Waals surface area contributed by atoms with Crippen LogP contribution in [0, 0.1) is 5.92 Å².